The van der Waals surface area contributed by atoms with Gasteiger partial charge >= 0.3 is 5.63 Å². The number of ether oxygens (including phenoxy) is 1. The van der Waals surface area contributed by atoms with Gasteiger partial charge < -0.3 is 14.1 Å². The number of aryl methyl sites for hydroxylation is 1. The number of fused-ring (bicyclic) bond motifs is 1. The highest BCUT2D eigenvalue weighted by atomic mass is 32.2. The molecule has 1 aliphatic rings. The number of benzene rings is 1. The fourth-order valence-corrected chi connectivity index (χ4v) is 5.22. The summed E-state index contributed by atoms with van der Waals surface area (Å²) in [5.74, 6) is 0.500. The Balaban J connectivity index is 1.73. The third kappa shape index (κ3) is 4.73. The summed E-state index contributed by atoms with van der Waals surface area (Å²) in [6, 6.07) is 6.20. The zero-order valence-electron chi connectivity index (χ0n) is 16.3. The molecule has 152 valence electrons. The van der Waals surface area contributed by atoms with E-state index in [0.29, 0.717) is 24.3 Å². The highest BCUT2D eigenvalue weighted by Crippen LogP contribution is 2.23. The third-order valence-corrected chi connectivity index (χ3v) is 6.57. The molecular weight excluding hydrogens is 382 g/mol. The molecule has 1 aromatic carbocycles. The van der Waals surface area contributed by atoms with Gasteiger partial charge in [-0.1, -0.05) is 13.8 Å². The van der Waals surface area contributed by atoms with Crippen LogP contribution in [0.25, 0.3) is 11.0 Å². The summed E-state index contributed by atoms with van der Waals surface area (Å²) in [6.07, 6.45) is 0.460. The summed E-state index contributed by atoms with van der Waals surface area (Å²) in [4.78, 5) is 25.9. The quantitative estimate of drug-likeness (QED) is 0.681. The van der Waals surface area contributed by atoms with E-state index in [-0.39, 0.29) is 36.0 Å². The number of carbonyl (C=O) groups excluding carboxylic acids is 1. The van der Waals surface area contributed by atoms with Gasteiger partial charge in [0, 0.05) is 30.1 Å². The van der Waals surface area contributed by atoms with Gasteiger partial charge in [-0.25, -0.2) is 13.2 Å². The molecule has 1 fully saturated rings. The van der Waals surface area contributed by atoms with E-state index in [4.69, 9.17) is 9.15 Å². The summed E-state index contributed by atoms with van der Waals surface area (Å²) in [7, 11) is -3.09. The van der Waals surface area contributed by atoms with Crippen LogP contribution < -0.4 is 10.4 Å². The van der Waals surface area contributed by atoms with E-state index in [9.17, 15) is 18.0 Å². The molecular formula is C20H25NO6S. The van der Waals surface area contributed by atoms with Crippen molar-refractivity contribution in [2.75, 3.05) is 24.7 Å². The van der Waals surface area contributed by atoms with Gasteiger partial charge in [-0.2, -0.15) is 0 Å². The van der Waals surface area contributed by atoms with E-state index in [1.54, 1.807) is 23.1 Å². The summed E-state index contributed by atoms with van der Waals surface area (Å²) in [6.45, 7) is 6.07. The van der Waals surface area contributed by atoms with E-state index in [1.165, 1.54) is 6.07 Å². The molecule has 0 N–H and O–H groups in total. The first-order valence-corrected chi connectivity index (χ1v) is 11.1. The summed E-state index contributed by atoms with van der Waals surface area (Å²) in [5.41, 5.74) is 0.763. The molecule has 0 aliphatic carbocycles. The van der Waals surface area contributed by atoms with Gasteiger partial charge in [-0.15, -0.1) is 0 Å². The molecule has 0 unspecified atom stereocenters. The van der Waals surface area contributed by atoms with Gasteiger partial charge in [0.2, 0.25) is 0 Å². The lowest BCUT2D eigenvalue weighted by molar-refractivity contribution is -0.135. The SMILES string of the molecule is Cc1cc(=O)oc2cc(OCC(=O)N(CC(C)C)[C@@H]3CCS(=O)(=O)C3)ccc12. The van der Waals surface area contributed by atoms with Crippen LogP contribution in [0.1, 0.15) is 25.8 Å². The number of hydrogen-bond donors (Lipinski definition) is 0. The third-order valence-electron chi connectivity index (χ3n) is 4.82. The minimum atomic E-state index is -3.09. The molecule has 0 bridgehead atoms. The van der Waals surface area contributed by atoms with Gasteiger partial charge in [0.15, 0.2) is 16.4 Å². The summed E-state index contributed by atoms with van der Waals surface area (Å²) in [5, 5.41) is 0.802. The van der Waals surface area contributed by atoms with Crippen LogP contribution in [0, 0.1) is 12.8 Å². The first kappa shape index (κ1) is 20.4. The monoisotopic (exact) mass is 407 g/mol. The Morgan fingerprint density at radius 1 is 1.32 bits per heavy atom. The second-order valence-corrected chi connectivity index (χ2v) is 9.92. The Kier molecular flexibility index (Phi) is 5.79. The highest BCUT2D eigenvalue weighted by Gasteiger charge is 2.34. The topological polar surface area (TPSA) is 93.9 Å². The molecule has 2 heterocycles. The second-order valence-electron chi connectivity index (χ2n) is 7.69. The van der Waals surface area contributed by atoms with E-state index in [1.807, 2.05) is 20.8 Å². The molecule has 28 heavy (non-hydrogen) atoms. The molecule has 0 saturated carbocycles. The molecule has 1 aliphatic heterocycles. The van der Waals surface area contributed by atoms with Crippen molar-refractivity contribution in [2.45, 2.75) is 33.2 Å². The van der Waals surface area contributed by atoms with Crippen molar-refractivity contribution in [3.63, 3.8) is 0 Å². The van der Waals surface area contributed by atoms with Crippen LogP contribution in [-0.2, 0) is 14.6 Å². The maximum atomic E-state index is 12.8. The number of carbonyl (C=O) groups is 1. The fourth-order valence-electron chi connectivity index (χ4n) is 3.49. The Morgan fingerprint density at radius 2 is 2.07 bits per heavy atom. The van der Waals surface area contributed by atoms with Gasteiger partial charge in [-0.05, 0) is 37.0 Å². The van der Waals surface area contributed by atoms with E-state index >= 15 is 0 Å². The van der Waals surface area contributed by atoms with Crippen molar-refractivity contribution in [3.8, 4) is 5.75 Å². The fraction of sp³-hybridized carbons (Fsp3) is 0.500. The minimum absolute atomic E-state index is 0.00582. The predicted molar refractivity (Wildman–Crippen MR) is 106 cm³/mol. The van der Waals surface area contributed by atoms with Crippen LogP contribution in [0.2, 0.25) is 0 Å². The maximum Gasteiger partial charge on any atom is 0.336 e. The van der Waals surface area contributed by atoms with Crippen molar-refractivity contribution in [1.82, 2.24) is 4.90 Å². The van der Waals surface area contributed by atoms with E-state index < -0.39 is 15.5 Å². The Hall–Kier alpha value is -2.35. The molecule has 8 heteroatoms. The smallest absolute Gasteiger partial charge is 0.336 e. The number of rotatable bonds is 6. The van der Waals surface area contributed by atoms with Gasteiger partial charge in [0.1, 0.15) is 11.3 Å². The highest BCUT2D eigenvalue weighted by molar-refractivity contribution is 7.91. The largest absolute Gasteiger partial charge is 0.484 e. The molecule has 0 spiro atoms. The Bertz CT molecular complexity index is 1040. The van der Waals surface area contributed by atoms with E-state index in [2.05, 4.69) is 0 Å². The lowest BCUT2D eigenvalue weighted by Crippen LogP contribution is -2.45. The second kappa shape index (κ2) is 7.95. The molecule has 0 radical (unpaired) electrons. The van der Waals surface area contributed by atoms with Crippen molar-refractivity contribution < 1.29 is 22.4 Å². The van der Waals surface area contributed by atoms with Gasteiger partial charge in [-0.3, -0.25) is 4.79 Å². The average Bonchev–Trinajstić information content (AvgIpc) is 2.96. The van der Waals surface area contributed by atoms with Crippen molar-refractivity contribution in [2.24, 2.45) is 5.92 Å². The Morgan fingerprint density at radius 3 is 2.71 bits per heavy atom. The maximum absolute atomic E-state index is 12.8. The van der Waals surface area contributed by atoms with Crippen LogP contribution in [-0.4, -0.2) is 49.9 Å². The minimum Gasteiger partial charge on any atom is -0.484 e. The number of hydrogen-bond acceptors (Lipinski definition) is 6. The standard InChI is InChI=1S/C20H25NO6S/c1-13(2)10-21(15-6-7-28(24,25)12-15)19(22)11-26-16-4-5-17-14(3)8-20(23)27-18(17)9-16/h4-5,8-9,13,15H,6-7,10-12H2,1-3H3/t15-/m1/s1. The summed E-state index contributed by atoms with van der Waals surface area (Å²) >= 11 is 0. The van der Waals surface area contributed by atoms with Crippen LogP contribution in [0.4, 0.5) is 0 Å². The molecule has 2 aromatic rings. The van der Waals surface area contributed by atoms with Crippen LogP contribution >= 0.6 is 0 Å². The van der Waals surface area contributed by atoms with Crippen LogP contribution in [0.3, 0.4) is 0 Å². The van der Waals surface area contributed by atoms with Crippen molar-refractivity contribution in [1.29, 1.82) is 0 Å². The number of nitrogens with zero attached hydrogens (tertiary/aromatic N) is 1. The Labute approximate surface area is 164 Å². The van der Waals surface area contributed by atoms with Crippen molar-refractivity contribution >= 4 is 26.7 Å². The summed E-state index contributed by atoms with van der Waals surface area (Å²) < 4.78 is 34.4. The lowest BCUT2D eigenvalue weighted by Gasteiger charge is -2.29. The first-order chi connectivity index (χ1) is 13.1. The molecule has 1 aromatic heterocycles. The molecule has 1 saturated heterocycles. The first-order valence-electron chi connectivity index (χ1n) is 9.32. The number of amides is 1. The van der Waals surface area contributed by atoms with Gasteiger partial charge in [0.25, 0.3) is 5.91 Å². The lowest BCUT2D eigenvalue weighted by atomic mass is 10.1. The zero-order valence-corrected chi connectivity index (χ0v) is 17.1. The molecule has 1 atom stereocenters. The normalized spacial score (nSPS) is 18.5. The van der Waals surface area contributed by atoms with E-state index in [0.717, 1.165) is 10.9 Å². The number of sulfone groups is 1. The van der Waals surface area contributed by atoms with Crippen LogP contribution in [0.5, 0.6) is 5.75 Å². The predicted octanol–water partition coefficient (Wildman–Crippen LogP) is 2.15. The van der Waals surface area contributed by atoms with Gasteiger partial charge in [0.05, 0.1) is 11.5 Å². The molecule has 7 nitrogen and oxygen atoms in total. The molecule has 3 rings (SSSR count). The van der Waals surface area contributed by atoms with Crippen LogP contribution in [0.15, 0.2) is 33.5 Å². The zero-order chi connectivity index (χ0) is 20.5. The van der Waals surface area contributed by atoms with Crippen molar-refractivity contribution in [3.05, 3.63) is 40.2 Å². The molecule has 1 amide bonds. The average molecular weight is 407 g/mol.